The molecule has 1 aliphatic heterocycles. The molecule has 2 aliphatic rings. The first-order chi connectivity index (χ1) is 13.3. The standard InChI is InChI=1S/C24H36N2OSi/c1-24(2,3)28(4,5)27-23(18-11-7-6-8-12-18)15-21-19-13-9-10-14-20(19)22-16-25-17-26(21)22/h9-10,13-14,16-18,21,23H,6-8,11-12,15H2,1-5H3. The van der Waals surface area contributed by atoms with E-state index in [9.17, 15) is 0 Å². The molecular formula is C24H36N2OSi. The maximum atomic E-state index is 7.12. The molecule has 2 aromatic rings. The van der Waals surface area contributed by atoms with Crippen molar-refractivity contribution in [3.05, 3.63) is 42.4 Å². The highest BCUT2D eigenvalue weighted by Crippen LogP contribution is 2.45. The zero-order valence-electron chi connectivity index (χ0n) is 18.2. The van der Waals surface area contributed by atoms with Gasteiger partial charge in [-0.3, -0.25) is 0 Å². The summed E-state index contributed by atoms with van der Waals surface area (Å²) in [6, 6.07) is 9.22. The summed E-state index contributed by atoms with van der Waals surface area (Å²) in [5, 5.41) is 0.244. The van der Waals surface area contributed by atoms with E-state index in [1.54, 1.807) is 0 Å². The van der Waals surface area contributed by atoms with Gasteiger partial charge in [-0.05, 0) is 48.9 Å². The van der Waals surface area contributed by atoms with Gasteiger partial charge in [0.05, 0.1) is 30.4 Å². The number of fused-ring (bicyclic) bond motifs is 3. The fourth-order valence-corrected chi connectivity index (χ4v) is 6.19. The molecule has 0 saturated heterocycles. The maximum absolute atomic E-state index is 7.12. The largest absolute Gasteiger partial charge is 0.414 e. The van der Waals surface area contributed by atoms with Crippen molar-refractivity contribution < 1.29 is 4.43 Å². The van der Waals surface area contributed by atoms with Crippen LogP contribution in [0.2, 0.25) is 18.1 Å². The van der Waals surface area contributed by atoms with Crippen LogP contribution in [0, 0.1) is 5.92 Å². The Morgan fingerprint density at radius 1 is 1.14 bits per heavy atom. The van der Waals surface area contributed by atoms with Gasteiger partial charge in [0.15, 0.2) is 8.32 Å². The van der Waals surface area contributed by atoms with Gasteiger partial charge in [-0.15, -0.1) is 0 Å². The third-order valence-corrected chi connectivity index (χ3v) is 12.0. The van der Waals surface area contributed by atoms with E-state index in [1.165, 1.54) is 48.9 Å². The van der Waals surface area contributed by atoms with Crippen LogP contribution in [0.25, 0.3) is 11.3 Å². The number of aromatic nitrogens is 2. The van der Waals surface area contributed by atoms with E-state index in [1.807, 2.05) is 12.5 Å². The van der Waals surface area contributed by atoms with Crippen LogP contribution in [0.15, 0.2) is 36.8 Å². The highest BCUT2D eigenvalue weighted by atomic mass is 28.4. The van der Waals surface area contributed by atoms with E-state index in [4.69, 9.17) is 4.43 Å². The van der Waals surface area contributed by atoms with Crippen molar-refractivity contribution in [3.63, 3.8) is 0 Å². The molecule has 3 nitrogen and oxygen atoms in total. The lowest BCUT2D eigenvalue weighted by Crippen LogP contribution is -2.46. The lowest BCUT2D eigenvalue weighted by Gasteiger charge is -2.43. The molecule has 4 heteroatoms. The zero-order valence-corrected chi connectivity index (χ0v) is 19.2. The first kappa shape index (κ1) is 19.9. The number of benzene rings is 1. The van der Waals surface area contributed by atoms with Gasteiger partial charge >= 0.3 is 0 Å². The quantitative estimate of drug-likeness (QED) is 0.519. The first-order valence-electron chi connectivity index (χ1n) is 11.1. The lowest BCUT2D eigenvalue weighted by atomic mass is 9.82. The second-order valence-electron chi connectivity index (χ2n) is 10.3. The number of hydrogen-bond acceptors (Lipinski definition) is 2. The summed E-state index contributed by atoms with van der Waals surface area (Å²) in [6.07, 6.45) is 12.2. The van der Waals surface area contributed by atoms with E-state index in [-0.39, 0.29) is 5.04 Å². The predicted molar refractivity (Wildman–Crippen MR) is 119 cm³/mol. The van der Waals surface area contributed by atoms with E-state index >= 15 is 0 Å². The minimum absolute atomic E-state index is 0.244. The Bertz CT molecular complexity index is 814. The molecule has 4 rings (SSSR count). The monoisotopic (exact) mass is 396 g/mol. The van der Waals surface area contributed by atoms with Crippen molar-refractivity contribution in [1.82, 2.24) is 9.55 Å². The molecule has 28 heavy (non-hydrogen) atoms. The maximum Gasteiger partial charge on any atom is 0.192 e. The van der Waals surface area contributed by atoms with Gasteiger partial charge < -0.3 is 8.99 Å². The van der Waals surface area contributed by atoms with Gasteiger partial charge in [-0.2, -0.15) is 0 Å². The highest BCUT2D eigenvalue weighted by molar-refractivity contribution is 6.74. The minimum Gasteiger partial charge on any atom is -0.414 e. The van der Waals surface area contributed by atoms with Gasteiger partial charge in [0.1, 0.15) is 0 Å². The van der Waals surface area contributed by atoms with E-state index < -0.39 is 8.32 Å². The van der Waals surface area contributed by atoms with Crippen LogP contribution in [0.3, 0.4) is 0 Å². The second-order valence-corrected chi connectivity index (χ2v) is 15.1. The number of hydrogen-bond donors (Lipinski definition) is 0. The van der Waals surface area contributed by atoms with Crippen molar-refractivity contribution >= 4 is 8.32 Å². The van der Waals surface area contributed by atoms with Crippen LogP contribution in [0.5, 0.6) is 0 Å². The molecule has 2 atom stereocenters. The summed E-state index contributed by atoms with van der Waals surface area (Å²) in [7, 11) is -1.82. The van der Waals surface area contributed by atoms with Gasteiger partial charge in [-0.1, -0.05) is 64.3 Å². The summed E-state index contributed by atoms with van der Waals surface area (Å²) in [6.45, 7) is 11.9. The molecule has 0 N–H and O–H groups in total. The first-order valence-corrected chi connectivity index (χ1v) is 14.0. The Morgan fingerprint density at radius 3 is 2.57 bits per heavy atom. The van der Waals surface area contributed by atoms with E-state index in [0.29, 0.717) is 18.1 Å². The van der Waals surface area contributed by atoms with Crippen molar-refractivity contribution in [3.8, 4) is 11.3 Å². The van der Waals surface area contributed by atoms with Crippen molar-refractivity contribution in [2.75, 3.05) is 0 Å². The number of nitrogens with zero attached hydrogens (tertiary/aromatic N) is 2. The van der Waals surface area contributed by atoms with E-state index in [2.05, 4.69) is 67.7 Å². The molecule has 2 unspecified atom stereocenters. The molecule has 1 fully saturated rings. The molecular weight excluding hydrogens is 360 g/mol. The summed E-state index contributed by atoms with van der Waals surface area (Å²) < 4.78 is 9.50. The Morgan fingerprint density at radius 2 is 1.86 bits per heavy atom. The van der Waals surface area contributed by atoms with Gasteiger partial charge in [0, 0.05) is 5.56 Å². The number of rotatable bonds is 5. The molecule has 1 saturated carbocycles. The summed E-state index contributed by atoms with van der Waals surface area (Å²) >= 11 is 0. The molecule has 2 heterocycles. The smallest absolute Gasteiger partial charge is 0.192 e. The Balaban J connectivity index is 1.64. The third-order valence-electron chi connectivity index (χ3n) is 7.48. The van der Waals surface area contributed by atoms with E-state index in [0.717, 1.165) is 6.42 Å². The number of imidazole rings is 1. The van der Waals surface area contributed by atoms with Crippen LogP contribution in [0.4, 0.5) is 0 Å². The molecule has 0 bridgehead atoms. The molecule has 1 aliphatic carbocycles. The Kier molecular flexibility index (Phi) is 5.30. The van der Waals surface area contributed by atoms with Crippen LogP contribution in [-0.2, 0) is 4.43 Å². The molecule has 1 aromatic heterocycles. The highest BCUT2D eigenvalue weighted by Gasteiger charge is 2.42. The van der Waals surface area contributed by atoms with Crippen LogP contribution >= 0.6 is 0 Å². The predicted octanol–water partition coefficient (Wildman–Crippen LogP) is 6.81. The average molecular weight is 397 g/mol. The van der Waals surface area contributed by atoms with Gasteiger partial charge in [0.25, 0.3) is 0 Å². The molecule has 0 spiro atoms. The zero-order chi connectivity index (χ0) is 19.9. The minimum atomic E-state index is -1.82. The fourth-order valence-electron chi connectivity index (χ4n) is 4.79. The SMILES string of the molecule is CC(C)(C)[Si](C)(C)OC(CC1c2ccccc2-c2cncn21)C1CCCCC1. The van der Waals surface area contributed by atoms with Crippen LogP contribution in [0.1, 0.15) is 70.9 Å². The molecule has 0 amide bonds. The summed E-state index contributed by atoms with van der Waals surface area (Å²) in [5.74, 6) is 0.697. The van der Waals surface area contributed by atoms with Crippen molar-refractivity contribution in [2.24, 2.45) is 5.92 Å². The molecule has 1 aromatic carbocycles. The van der Waals surface area contributed by atoms with Crippen LogP contribution < -0.4 is 0 Å². The van der Waals surface area contributed by atoms with Crippen LogP contribution in [-0.4, -0.2) is 24.0 Å². The second kappa shape index (κ2) is 7.45. The summed E-state index contributed by atoms with van der Waals surface area (Å²) in [5.41, 5.74) is 4.05. The Hall–Kier alpha value is -1.39. The normalized spacial score (nSPS) is 21.4. The third kappa shape index (κ3) is 3.61. The van der Waals surface area contributed by atoms with Crippen molar-refractivity contribution in [1.29, 1.82) is 0 Å². The summed E-state index contributed by atoms with van der Waals surface area (Å²) in [4.78, 5) is 4.46. The molecule has 0 radical (unpaired) electrons. The van der Waals surface area contributed by atoms with Gasteiger partial charge in [-0.25, -0.2) is 4.98 Å². The average Bonchev–Trinajstić information content (AvgIpc) is 3.23. The van der Waals surface area contributed by atoms with Crippen molar-refractivity contribution in [2.45, 2.75) is 89.6 Å². The Labute approximate surface area is 171 Å². The van der Waals surface area contributed by atoms with Gasteiger partial charge in [0.2, 0.25) is 0 Å². The topological polar surface area (TPSA) is 27.1 Å². The fraction of sp³-hybridized carbons (Fsp3) is 0.625. The lowest BCUT2D eigenvalue weighted by molar-refractivity contribution is 0.0775. The molecule has 152 valence electrons.